The van der Waals surface area contributed by atoms with Gasteiger partial charge in [-0.25, -0.2) is 17.6 Å². The zero-order valence-corrected chi connectivity index (χ0v) is 10.0. The second-order valence-corrected chi connectivity index (χ2v) is 3.89. The van der Waals surface area contributed by atoms with Gasteiger partial charge in [-0.2, -0.15) is 43.9 Å². The van der Waals surface area contributed by atoms with Gasteiger partial charge in [0.15, 0.2) is 12.2 Å². The fourth-order valence-electron chi connectivity index (χ4n) is 1.09. The summed E-state index contributed by atoms with van der Waals surface area (Å²) in [4.78, 5) is 0. The Bertz CT molecular complexity index is 345. The summed E-state index contributed by atoms with van der Waals surface area (Å²) in [6.07, 6.45) is -33.8. The van der Waals surface area contributed by atoms with Crippen LogP contribution in [0, 0.1) is 0 Å². The molecule has 0 spiro atoms. The van der Waals surface area contributed by atoms with Gasteiger partial charge in [0, 0.05) is 0 Å². The molecule has 0 amide bonds. The molecule has 0 aromatic rings. The topological polar surface area (TPSA) is 9.23 Å². The molecule has 0 bridgehead atoms. The number of hydrogen-bond donors (Lipinski definition) is 0. The van der Waals surface area contributed by atoms with E-state index >= 15 is 0 Å². The lowest BCUT2D eigenvalue weighted by atomic mass is 10.1. The van der Waals surface area contributed by atoms with E-state index in [1.807, 2.05) is 0 Å². The molecule has 0 saturated heterocycles. The van der Waals surface area contributed by atoms with Crippen LogP contribution in [0.25, 0.3) is 0 Å². The van der Waals surface area contributed by atoms with E-state index in [1.165, 1.54) is 0 Å². The van der Waals surface area contributed by atoms with Crippen LogP contribution in [0.3, 0.4) is 0 Å². The van der Waals surface area contributed by atoms with E-state index in [-0.39, 0.29) is 0 Å². The number of rotatable bonds is 6. The molecular formula is C8H4F14O. The van der Waals surface area contributed by atoms with Crippen molar-refractivity contribution in [1.29, 1.82) is 0 Å². The van der Waals surface area contributed by atoms with Crippen LogP contribution < -0.4 is 0 Å². The Labute approximate surface area is 117 Å². The molecule has 0 heterocycles. The van der Waals surface area contributed by atoms with Gasteiger partial charge in [0.05, 0.1) is 0 Å². The molecule has 0 aliphatic heterocycles. The SMILES string of the molecule is FC(F)[C@@H](O[C@@H](C(F)F)C(F)(F)C(F)(F)F)C(F)(F)C(F)(F)F. The first-order chi connectivity index (χ1) is 9.87. The second kappa shape index (κ2) is 6.47. The molecule has 0 aromatic carbocycles. The van der Waals surface area contributed by atoms with E-state index in [0.29, 0.717) is 0 Å². The molecule has 23 heavy (non-hydrogen) atoms. The first kappa shape index (κ1) is 22.0. The summed E-state index contributed by atoms with van der Waals surface area (Å²) >= 11 is 0. The van der Waals surface area contributed by atoms with Crippen LogP contribution >= 0.6 is 0 Å². The van der Waals surface area contributed by atoms with E-state index < -0.39 is 49.3 Å². The molecule has 0 N–H and O–H groups in total. The fourth-order valence-corrected chi connectivity index (χ4v) is 1.09. The number of alkyl halides is 14. The Hall–Kier alpha value is -1.02. The molecule has 140 valence electrons. The van der Waals surface area contributed by atoms with E-state index in [2.05, 4.69) is 4.74 Å². The summed E-state index contributed by atoms with van der Waals surface area (Å²) in [7, 11) is 0. The third-order valence-corrected chi connectivity index (χ3v) is 2.22. The normalized spacial score (nSPS) is 17.7. The van der Waals surface area contributed by atoms with Gasteiger partial charge in [0.1, 0.15) is 0 Å². The highest BCUT2D eigenvalue weighted by atomic mass is 19.4. The predicted molar refractivity (Wildman–Crippen MR) is 42.7 cm³/mol. The zero-order chi connectivity index (χ0) is 19.0. The molecule has 0 radical (unpaired) electrons. The monoisotopic (exact) mass is 382 g/mol. The smallest absolute Gasteiger partial charge is 0.350 e. The molecule has 0 aliphatic carbocycles. The van der Waals surface area contributed by atoms with Gasteiger partial charge in [-0.1, -0.05) is 0 Å². The van der Waals surface area contributed by atoms with Gasteiger partial charge < -0.3 is 4.74 Å². The largest absolute Gasteiger partial charge is 0.456 e. The summed E-state index contributed by atoms with van der Waals surface area (Å²) in [6, 6.07) is 0. The summed E-state index contributed by atoms with van der Waals surface area (Å²) in [5, 5.41) is 0. The Balaban J connectivity index is 5.80. The van der Waals surface area contributed by atoms with E-state index in [0.717, 1.165) is 0 Å². The molecule has 0 aliphatic rings. The Morgan fingerprint density at radius 1 is 0.478 bits per heavy atom. The highest BCUT2D eigenvalue weighted by Gasteiger charge is 2.71. The van der Waals surface area contributed by atoms with Crippen LogP contribution in [0.4, 0.5) is 61.5 Å². The zero-order valence-electron chi connectivity index (χ0n) is 10.0. The van der Waals surface area contributed by atoms with Crippen LogP contribution in [-0.4, -0.2) is 49.3 Å². The van der Waals surface area contributed by atoms with Crippen molar-refractivity contribution in [3.05, 3.63) is 0 Å². The van der Waals surface area contributed by atoms with Crippen molar-refractivity contribution in [2.45, 2.75) is 49.3 Å². The molecule has 0 aromatic heterocycles. The van der Waals surface area contributed by atoms with E-state index in [4.69, 9.17) is 0 Å². The molecule has 0 fully saturated rings. The summed E-state index contributed by atoms with van der Waals surface area (Å²) in [5.74, 6) is -13.3. The summed E-state index contributed by atoms with van der Waals surface area (Å²) in [6.45, 7) is 0. The predicted octanol–water partition coefficient (Wildman–Crippen LogP) is 4.67. The molecule has 0 saturated carbocycles. The Kier molecular flexibility index (Phi) is 6.18. The quantitative estimate of drug-likeness (QED) is 0.607. The minimum Gasteiger partial charge on any atom is -0.350 e. The molecule has 2 atom stereocenters. The lowest BCUT2D eigenvalue weighted by Gasteiger charge is -2.34. The van der Waals surface area contributed by atoms with Crippen molar-refractivity contribution in [3.63, 3.8) is 0 Å². The van der Waals surface area contributed by atoms with Crippen molar-refractivity contribution in [2.24, 2.45) is 0 Å². The van der Waals surface area contributed by atoms with E-state index in [9.17, 15) is 61.5 Å². The minimum atomic E-state index is -6.88. The van der Waals surface area contributed by atoms with Gasteiger partial charge in [-0.3, -0.25) is 0 Å². The average Bonchev–Trinajstić information content (AvgIpc) is 2.24. The number of hydrogen-bond acceptors (Lipinski definition) is 1. The fraction of sp³-hybridized carbons (Fsp3) is 1.00. The molecule has 1 nitrogen and oxygen atoms in total. The van der Waals surface area contributed by atoms with Crippen LogP contribution in [0.5, 0.6) is 0 Å². The van der Waals surface area contributed by atoms with Gasteiger partial charge in [0.25, 0.3) is 12.9 Å². The highest BCUT2D eigenvalue weighted by Crippen LogP contribution is 2.46. The van der Waals surface area contributed by atoms with E-state index in [1.54, 1.807) is 0 Å². The standard InChI is InChI=1S/C8H4F14O/c9-3(10)1(5(13,14)7(17,18)19)23-2(4(11)12)6(15,16)8(20,21)22/h1-4H/t1-,2+. The summed E-state index contributed by atoms with van der Waals surface area (Å²) < 4.78 is 173. The third kappa shape index (κ3) is 4.50. The van der Waals surface area contributed by atoms with Crippen molar-refractivity contribution in [1.82, 2.24) is 0 Å². The maximum absolute atomic E-state index is 12.7. The molecule has 0 unspecified atom stereocenters. The van der Waals surface area contributed by atoms with Gasteiger partial charge in [-0.05, 0) is 0 Å². The van der Waals surface area contributed by atoms with Gasteiger partial charge >= 0.3 is 24.2 Å². The summed E-state index contributed by atoms with van der Waals surface area (Å²) in [5.41, 5.74) is 0. The van der Waals surface area contributed by atoms with Crippen molar-refractivity contribution < 1.29 is 66.2 Å². The number of halogens is 14. The first-order valence-electron chi connectivity index (χ1n) is 4.98. The van der Waals surface area contributed by atoms with Crippen LogP contribution in [-0.2, 0) is 4.74 Å². The van der Waals surface area contributed by atoms with Gasteiger partial charge in [-0.15, -0.1) is 0 Å². The van der Waals surface area contributed by atoms with Gasteiger partial charge in [0.2, 0.25) is 0 Å². The van der Waals surface area contributed by atoms with Crippen molar-refractivity contribution in [3.8, 4) is 0 Å². The first-order valence-corrected chi connectivity index (χ1v) is 4.98. The molecule has 15 heteroatoms. The highest BCUT2D eigenvalue weighted by molar-refractivity contribution is 4.93. The maximum atomic E-state index is 12.7. The lowest BCUT2D eigenvalue weighted by molar-refractivity contribution is -0.378. The Morgan fingerprint density at radius 2 is 0.696 bits per heavy atom. The van der Waals surface area contributed by atoms with Crippen molar-refractivity contribution in [2.75, 3.05) is 0 Å². The molecule has 0 rings (SSSR count). The molecular weight excluding hydrogens is 378 g/mol. The van der Waals surface area contributed by atoms with Crippen molar-refractivity contribution >= 4 is 0 Å². The van der Waals surface area contributed by atoms with Crippen LogP contribution in [0.2, 0.25) is 0 Å². The maximum Gasteiger partial charge on any atom is 0.456 e. The van der Waals surface area contributed by atoms with Crippen LogP contribution in [0.1, 0.15) is 0 Å². The Morgan fingerprint density at radius 3 is 0.826 bits per heavy atom. The lowest BCUT2D eigenvalue weighted by Crippen LogP contribution is -2.59. The minimum absolute atomic E-state index is 2.52. The average molecular weight is 382 g/mol. The second-order valence-electron chi connectivity index (χ2n) is 3.89. The van der Waals surface area contributed by atoms with Crippen LogP contribution in [0.15, 0.2) is 0 Å². The number of ether oxygens (including phenoxy) is 1. The third-order valence-electron chi connectivity index (χ3n) is 2.22.